The number of amides is 2. The molecule has 0 atom stereocenters. The number of benzene rings is 3. The monoisotopic (exact) mass is 464 g/mol. The maximum Gasteiger partial charge on any atom is 0.343 e. The van der Waals surface area contributed by atoms with Crippen LogP contribution in [0.25, 0.3) is 6.08 Å². The lowest BCUT2D eigenvalue weighted by Gasteiger charge is -2.08. The predicted molar refractivity (Wildman–Crippen MR) is 117 cm³/mol. The van der Waals surface area contributed by atoms with Gasteiger partial charge in [-0.25, -0.2) is 4.79 Å². The highest BCUT2D eigenvalue weighted by atomic mass is 79.9. The van der Waals surface area contributed by atoms with Gasteiger partial charge in [0.2, 0.25) is 0 Å². The lowest BCUT2D eigenvalue weighted by Crippen LogP contribution is -2.40. The van der Waals surface area contributed by atoms with Crippen molar-refractivity contribution in [1.82, 2.24) is 10.9 Å². The van der Waals surface area contributed by atoms with E-state index in [4.69, 9.17) is 4.74 Å². The summed E-state index contributed by atoms with van der Waals surface area (Å²) < 4.78 is 6.31. The Morgan fingerprint density at radius 1 is 0.767 bits per heavy atom. The number of hydrogen-bond donors (Lipinski definition) is 2. The molecule has 0 radical (unpaired) electrons. The van der Waals surface area contributed by atoms with Crippen LogP contribution in [-0.4, -0.2) is 17.8 Å². The number of hydrogen-bond acceptors (Lipinski definition) is 4. The van der Waals surface area contributed by atoms with Gasteiger partial charge in [0.25, 0.3) is 11.8 Å². The van der Waals surface area contributed by atoms with E-state index in [0.717, 1.165) is 4.47 Å². The lowest BCUT2D eigenvalue weighted by atomic mass is 10.2. The Labute approximate surface area is 181 Å². The van der Waals surface area contributed by atoms with Crippen molar-refractivity contribution < 1.29 is 19.1 Å². The first kappa shape index (κ1) is 21.0. The summed E-state index contributed by atoms with van der Waals surface area (Å²) in [6, 6.07) is 22.1. The minimum absolute atomic E-state index is 0.308. The first-order valence-corrected chi connectivity index (χ1v) is 9.72. The van der Waals surface area contributed by atoms with Crippen molar-refractivity contribution in [2.24, 2.45) is 0 Å². The fourth-order valence-corrected chi connectivity index (χ4v) is 2.71. The van der Waals surface area contributed by atoms with E-state index < -0.39 is 17.8 Å². The SMILES string of the molecule is O=C(/C=C/c1ccccc1OC(=O)c1ccc(Br)cc1)NNC(=O)c1ccccc1. The van der Waals surface area contributed by atoms with Gasteiger partial charge in [-0.1, -0.05) is 52.3 Å². The number of esters is 1. The van der Waals surface area contributed by atoms with Crippen molar-refractivity contribution in [2.45, 2.75) is 0 Å². The Hall–Kier alpha value is -3.71. The maximum absolute atomic E-state index is 12.3. The minimum Gasteiger partial charge on any atom is -0.422 e. The van der Waals surface area contributed by atoms with Crippen LogP contribution in [0.15, 0.2) is 89.4 Å². The van der Waals surface area contributed by atoms with Crippen LogP contribution in [-0.2, 0) is 4.79 Å². The summed E-state index contributed by atoms with van der Waals surface area (Å²) in [5, 5.41) is 0. The maximum atomic E-state index is 12.3. The first-order chi connectivity index (χ1) is 14.5. The molecule has 0 saturated heterocycles. The van der Waals surface area contributed by atoms with Crippen LogP contribution in [0.2, 0.25) is 0 Å². The van der Waals surface area contributed by atoms with Crippen molar-refractivity contribution in [2.75, 3.05) is 0 Å². The van der Waals surface area contributed by atoms with Gasteiger partial charge < -0.3 is 4.74 Å². The van der Waals surface area contributed by atoms with Crippen molar-refractivity contribution in [3.05, 3.63) is 106 Å². The Morgan fingerprint density at radius 3 is 2.17 bits per heavy atom. The van der Waals surface area contributed by atoms with Crippen LogP contribution in [0.3, 0.4) is 0 Å². The molecule has 7 heteroatoms. The lowest BCUT2D eigenvalue weighted by molar-refractivity contribution is -0.117. The third-order valence-electron chi connectivity index (χ3n) is 3.95. The molecule has 2 amide bonds. The number of carbonyl (C=O) groups is 3. The van der Waals surface area contributed by atoms with E-state index in [0.29, 0.717) is 22.4 Å². The normalized spacial score (nSPS) is 10.4. The van der Waals surface area contributed by atoms with E-state index >= 15 is 0 Å². The summed E-state index contributed by atoms with van der Waals surface area (Å²) >= 11 is 3.32. The van der Waals surface area contributed by atoms with Gasteiger partial charge in [-0.2, -0.15) is 0 Å². The van der Waals surface area contributed by atoms with Crippen LogP contribution >= 0.6 is 15.9 Å². The fraction of sp³-hybridized carbons (Fsp3) is 0. The number of halogens is 1. The molecule has 0 aromatic heterocycles. The molecule has 0 fully saturated rings. The molecule has 2 N–H and O–H groups in total. The van der Waals surface area contributed by atoms with Crippen molar-refractivity contribution >= 4 is 39.8 Å². The van der Waals surface area contributed by atoms with Crippen LogP contribution in [0.4, 0.5) is 0 Å². The zero-order chi connectivity index (χ0) is 21.3. The fourth-order valence-electron chi connectivity index (χ4n) is 2.44. The molecule has 0 bridgehead atoms. The molecule has 0 aliphatic rings. The Kier molecular flexibility index (Phi) is 7.13. The second kappa shape index (κ2) is 10.2. The highest BCUT2D eigenvalue weighted by Crippen LogP contribution is 2.21. The summed E-state index contributed by atoms with van der Waals surface area (Å²) in [7, 11) is 0. The highest BCUT2D eigenvalue weighted by molar-refractivity contribution is 9.10. The summed E-state index contributed by atoms with van der Waals surface area (Å²) in [6.45, 7) is 0. The van der Waals surface area contributed by atoms with Gasteiger partial charge in [-0.05, 0) is 48.5 Å². The standard InChI is InChI=1S/C23H17BrN2O4/c24-19-13-10-18(11-14-19)23(29)30-20-9-5-4-6-16(20)12-15-21(27)25-26-22(28)17-7-2-1-3-8-17/h1-15H,(H,25,27)(H,26,28)/b15-12+. The number of para-hydroxylation sites is 1. The topological polar surface area (TPSA) is 84.5 Å². The van der Waals surface area contributed by atoms with Gasteiger partial charge >= 0.3 is 5.97 Å². The third-order valence-corrected chi connectivity index (χ3v) is 4.48. The zero-order valence-electron chi connectivity index (χ0n) is 15.7. The molecule has 150 valence electrons. The zero-order valence-corrected chi connectivity index (χ0v) is 17.3. The van der Waals surface area contributed by atoms with Gasteiger partial charge in [0, 0.05) is 21.7 Å². The van der Waals surface area contributed by atoms with Gasteiger partial charge in [0.15, 0.2) is 0 Å². The Morgan fingerprint density at radius 2 is 1.43 bits per heavy atom. The molecule has 6 nitrogen and oxygen atoms in total. The molecular weight excluding hydrogens is 448 g/mol. The van der Waals surface area contributed by atoms with E-state index in [1.54, 1.807) is 78.9 Å². The Balaban J connectivity index is 1.61. The molecule has 0 saturated carbocycles. The predicted octanol–water partition coefficient (Wildman–Crippen LogP) is 4.14. The summed E-state index contributed by atoms with van der Waals surface area (Å²) in [4.78, 5) is 36.3. The number of rotatable bonds is 5. The van der Waals surface area contributed by atoms with Crippen LogP contribution < -0.4 is 15.6 Å². The molecule has 3 rings (SSSR count). The second-order valence-electron chi connectivity index (χ2n) is 6.08. The smallest absolute Gasteiger partial charge is 0.343 e. The summed E-state index contributed by atoms with van der Waals surface area (Å²) in [6.07, 6.45) is 2.73. The quantitative estimate of drug-likeness (QED) is 0.257. The van der Waals surface area contributed by atoms with Crippen LogP contribution in [0.1, 0.15) is 26.3 Å². The number of ether oxygens (including phenoxy) is 1. The van der Waals surface area contributed by atoms with Gasteiger partial charge in [0.1, 0.15) is 5.75 Å². The molecule has 3 aromatic rings. The summed E-state index contributed by atoms with van der Waals surface area (Å²) in [5.74, 6) is -1.17. The molecule has 0 aliphatic carbocycles. The van der Waals surface area contributed by atoms with E-state index in [1.165, 1.54) is 12.2 Å². The number of nitrogens with one attached hydrogen (secondary N) is 2. The number of hydrazine groups is 1. The largest absolute Gasteiger partial charge is 0.422 e. The van der Waals surface area contributed by atoms with E-state index in [-0.39, 0.29) is 0 Å². The minimum atomic E-state index is -0.534. The number of carbonyl (C=O) groups excluding carboxylic acids is 3. The third kappa shape index (κ3) is 5.89. The molecule has 30 heavy (non-hydrogen) atoms. The second-order valence-corrected chi connectivity index (χ2v) is 6.99. The van der Waals surface area contributed by atoms with Crippen molar-refractivity contribution in [3.63, 3.8) is 0 Å². The molecule has 0 aliphatic heterocycles. The van der Waals surface area contributed by atoms with Gasteiger partial charge in [0.05, 0.1) is 5.56 Å². The molecule has 0 unspecified atom stereocenters. The molecule has 0 heterocycles. The highest BCUT2D eigenvalue weighted by Gasteiger charge is 2.11. The molecule has 0 spiro atoms. The van der Waals surface area contributed by atoms with Crippen molar-refractivity contribution in [3.8, 4) is 5.75 Å². The summed E-state index contributed by atoms with van der Waals surface area (Å²) in [5.41, 5.74) is 5.99. The van der Waals surface area contributed by atoms with Crippen LogP contribution in [0.5, 0.6) is 5.75 Å². The van der Waals surface area contributed by atoms with Crippen molar-refractivity contribution in [1.29, 1.82) is 0 Å². The first-order valence-electron chi connectivity index (χ1n) is 8.93. The molecular formula is C23H17BrN2O4. The van der Waals surface area contributed by atoms with Gasteiger partial charge in [-0.3, -0.25) is 20.4 Å². The average molecular weight is 465 g/mol. The van der Waals surface area contributed by atoms with Crippen LogP contribution in [0, 0.1) is 0 Å². The average Bonchev–Trinajstić information content (AvgIpc) is 2.78. The van der Waals surface area contributed by atoms with E-state index in [1.807, 2.05) is 0 Å². The van der Waals surface area contributed by atoms with E-state index in [2.05, 4.69) is 26.8 Å². The Bertz CT molecular complexity index is 1080. The molecule has 3 aromatic carbocycles. The van der Waals surface area contributed by atoms with E-state index in [9.17, 15) is 14.4 Å². The van der Waals surface area contributed by atoms with Gasteiger partial charge in [-0.15, -0.1) is 0 Å².